The Kier molecular flexibility index (Phi) is 5.46. The Morgan fingerprint density at radius 1 is 1.57 bits per heavy atom. The number of nitrogens with zero attached hydrogens (tertiary/aromatic N) is 3. The molecule has 6 heteroatoms. The van der Waals surface area contributed by atoms with Crippen LogP contribution in [-0.4, -0.2) is 45.0 Å². The number of carbonyl (C=O) groups excluding carboxylic acids is 1. The van der Waals surface area contributed by atoms with Gasteiger partial charge in [-0.3, -0.25) is 0 Å². The first-order valence-corrected chi connectivity index (χ1v) is 8.19. The molecule has 1 aromatic heterocycles. The summed E-state index contributed by atoms with van der Waals surface area (Å²) in [5, 5.41) is 7.71. The average Bonchev–Trinajstić information content (AvgIpc) is 2.92. The lowest BCUT2D eigenvalue weighted by atomic mass is 9.97. The van der Waals surface area contributed by atoms with Crippen LogP contribution in [-0.2, 0) is 11.3 Å². The third-order valence-corrected chi connectivity index (χ3v) is 4.03. The highest BCUT2D eigenvalue weighted by Crippen LogP contribution is 2.21. The van der Waals surface area contributed by atoms with Gasteiger partial charge in [0, 0.05) is 43.1 Å². The first-order valence-electron chi connectivity index (χ1n) is 8.19. The van der Waals surface area contributed by atoms with E-state index in [1.54, 1.807) is 10.9 Å². The van der Waals surface area contributed by atoms with Crippen molar-refractivity contribution in [3.05, 3.63) is 24.5 Å². The van der Waals surface area contributed by atoms with Crippen LogP contribution in [0.3, 0.4) is 0 Å². The molecule has 1 amide bonds. The van der Waals surface area contributed by atoms with E-state index in [0.717, 1.165) is 31.5 Å². The molecule has 1 aromatic rings. The third kappa shape index (κ3) is 4.82. The van der Waals surface area contributed by atoms with Crippen molar-refractivity contribution in [3.8, 4) is 0 Å². The number of amides is 1. The van der Waals surface area contributed by atoms with Crippen molar-refractivity contribution in [1.82, 2.24) is 20.0 Å². The fraction of sp³-hybridized carbons (Fsp3) is 0.647. The predicted octanol–water partition coefficient (Wildman–Crippen LogP) is 2.86. The Labute approximate surface area is 138 Å². The fourth-order valence-corrected chi connectivity index (χ4v) is 2.81. The number of ether oxygens (including phenoxy) is 1. The molecule has 128 valence electrons. The first-order chi connectivity index (χ1) is 10.8. The highest BCUT2D eigenvalue weighted by molar-refractivity contribution is 5.68. The van der Waals surface area contributed by atoms with Crippen LogP contribution in [0.5, 0.6) is 0 Å². The molecule has 2 heterocycles. The minimum atomic E-state index is -0.462. The summed E-state index contributed by atoms with van der Waals surface area (Å²) in [5.74, 6) is 0. The summed E-state index contributed by atoms with van der Waals surface area (Å²) in [6.45, 7) is 12.9. The number of carbonyl (C=O) groups is 1. The zero-order valence-electron chi connectivity index (χ0n) is 14.6. The monoisotopic (exact) mass is 320 g/mol. The van der Waals surface area contributed by atoms with Gasteiger partial charge in [-0.15, -0.1) is 0 Å². The Balaban J connectivity index is 1.92. The normalized spacial score (nSPS) is 22.0. The van der Waals surface area contributed by atoms with Crippen LogP contribution in [0, 0.1) is 0 Å². The van der Waals surface area contributed by atoms with Gasteiger partial charge in [-0.1, -0.05) is 6.58 Å². The van der Waals surface area contributed by atoms with E-state index in [2.05, 4.69) is 23.9 Å². The SMILES string of the molecule is C=Cn1cc(CNC2CCCN(C(=O)OC(C)(C)C)C2C)cn1. The Morgan fingerprint density at radius 3 is 2.91 bits per heavy atom. The molecule has 1 fully saturated rings. The maximum atomic E-state index is 12.3. The van der Waals surface area contributed by atoms with E-state index in [1.807, 2.05) is 38.1 Å². The second-order valence-electron chi connectivity index (χ2n) is 7.06. The van der Waals surface area contributed by atoms with Gasteiger partial charge in [0.25, 0.3) is 0 Å². The maximum Gasteiger partial charge on any atom is 0.410 e. The molecule has 2 unspecified atom stereocenters. The lowest BCUT2D eigenvalue weighted by molar-refractivity contribution is 0.00699. The van der Waals surface area contributed by atoms with Crippen LogP contribution in [0.25, 0.3) is 6.20 Å². The van der Waals surface area contributed by atoms with Gasteiger partial charge in [-0.05, 0) is 40.5 Å². The quantitative estimate of drug-likeness (QED) is 0.927. The standard InChI is InChI=1S/C17H28N4O2/c1-6-20-12-14(11-19-20)10-18-15-8-7-9-21(13(15)2)16(22)23-17(3,4)5/h6,11-13,15,18H,1,7-10H2,2-5H3. The van der Waals surface area contributed by atoms with Crippen molar-refractivity contribution in [1.29, 1.82) is 0 Å². The number of rotatable bonds is 4. The highest BCUT2D eigenvalue weighted by atomic mass is 16.6. The molecular formula is C17H28N4O2. The smallest absolute Gasteiger partial charge is 0.410 e. The molecule has 0 spiro atoms. The summed E-state index contributed by atoms with van der Waals surface area (Å²) in [6, 6.07) is 0.358. The average molecular weight is 320 g/mol. The van der Waals surface area contributed by atoms with E-state index in [1.165, 1.54) is 0 Å². The zero-order chi connectivity index (χ0) is 17.0. The summed E-state index contributed by atoms with van der Waals surface area (Å²) < 4.78 is 7.20. The van der Waals surface area contributed by atoms with Crippen molar-refractivity contribution >= 4 is 12.3 Å². The molecule has 0 radical (unpaired) electrons. The number of piperidine rings is 1. The molecule has 1 saturated heterocycles. The van der Waals surface area contributed by atoms with Crippen LogP contribution in [0.4, 0.5) is 4.79 Å². The van der Waals surface area contributed by atoms with Gasteiger partial charge >= 0.3 is 6.09 Å². The molecule has 6 nitrogen and oxygen atoms in total. The summed E-state index contributed by atoms with van der Waals surface area (Å²) in [5.41, 5.74) is 0.641. The molecule has 0 bridgehead atoms. The van der Waals surface area contributed by atoms with Crippen LogP contribution >= 0.6 is 0 Å². The van der Waals surface area contributed by atoms with E-state index in [0.29, 0.717) is 0 Å². The molecule has 0 aromatic carbocycles. The lowest BCUT2D eigenvalue weighted by Crippen LogP contribution is -2.55. The summed E-state index contributed by atoms with van der Waals surface area (Å²) >= 11 is 0. The second kappa shape index (κ2) is 7.17. The van der Waals surface area contributed by atoms with Gasteiger partial charge < -0.3 is 15.0 Å². The maximum absolute atomic E-state index is 12.3. The first kappa shape index (κ1) is 17.5. The van der Waals surface area contributed by atoms with Crippen molar-refractivity contribution < 1.29 is 9.53 Å². The molecule has 0 saturated carbocycles. The highest BCUT2D eigenvalue weighted by Gasteiger charge is 2.33. The Bertz CT molecular complexity index is 547. The van der Waals surface area contributed by atoms with E-state index >= 15 is 0 Å². The summed E-state index contributed by atoms with van der Waals surface area (Å²) in [6.07, 6.45) is 7.24. The van der Waals surface area contributed by atoms with Crippen molar-refractivity contribution in [3.63, 3.8) is 0 Å². The van der Waals surface area contributed by atoms with Gasteiger partial charge in [-0.2, -0.15) is 5.10 Å². The fourth-order valence-electron chi connectivity index (χ4n) is 2.81. The number of aromatic nitrogens is 2. The van der Waals surface area contributed by atoms with Gasteiger partial charge in [0.15, 0.2) is 0 Å². The largest absolute Gasteiger partial charge is 0.444 e. The third-order valence-electron chi connectivity index (χ3n) is 4.03. The van der Waals surface area contributed by atoms with Gasteiger partial charge in [0.05, 0.1) is 6.20 Å². The van der Waals surface area contributed by atoms with E-state index < -0.39 is 5.60 Å². The van der Waals surface area contributed by atoms with Crippen molar-refractivity contribution in [2.45, 2.75) is 64.8 Å². The topological polar surface area (TPSA) is 59.4 Å². The van der Waals surface area contributed by atoms with Crippen molar-refractivity contribution in [2.24, 2.45) is 0 Å². The lowest BCUT2D eigenvalue weighted by Gasteiger charge is -2.40. The van der Waals surface area contributed by atoms with Crippen LogP contribution in [0.15, 0.2) is 19.0 Å². The number of likely N-dealkylation sites (tertiary alicyclic amines) is 1. The Hall–Kier alpha value is -1.82. The van der Waals surface area contributed by atoms with Crippen LogP contribution in [0.2, 0.25) is 0 Å². The van der Waals surface area contributed by atoms with Crippen molar-refractivity contribution in [2.75, 3.05) is 6.54 Å². The molecular weight excluding hydrogens is 292 g/mol. The second-order valence-corrected chi connectivity index (χ2v) is 7.06. The minimum Gasteiger partial charge on any atom is -0.444 e. The Morgan fingerprint density at radius 2 is 2.30 bits per heavy atom. The minimum absolute atomic E-state index is 0.105. The summed E-state index contributed by atoms with van der Waals surface area (Å²) in [4.78, 5) is 14.2. The van der Waals surface area contributed by atoms with E-state index in [-0.39, 0.29) is 18.2 Å². The number of nitrogens with one attached hydrogen (secondary N) is 1. The molecule has 1 aliphatic heterocycles. The zero-order valence-corrected chi connectivity index (χ0v) is 14.6. The van der Waals surface area contributed by atoms with E-state index in [9.17, 15) is 4.79 Å². The van der Waals surface area contributed by atoms with Gasteiger partial charge in [-0.25, -0.2) is 9.48 Å². The number of hydrogen-bond acceptors (Lipinski definition) is 4. The molecule has 2 atom stereocenters. The van der Waals surface area contributed by atoms with Gasteiger partial charge in [0.2, 0.25) is 0 Å². The van der Waals surface area contributed by atoms with E-state index in [4.69, 9.17) is 4.74 Å². The van der Waals surface area contributed by atoms with Gasteiger partial charge in [0.1, 0.15) is 5.60 Å². The molecule has 2 rings (SSSR count). The van der Waals surface area contributed by atoms with Crippen LogP contribution in [0.1, 0.15) is 46.1 Å². The summed E-state index contributed by atoms with van der Waals surface area (Å²) in [7, 11) is 0. The van der Waals surface area contributed by atoms with Crippen LogP contribution < -0.4 is 5.32 Å². The predicted molar refractivity (Wildman–Crippen MR) is 90.9 cm³/mol. The molecule has 1 N–H and O–H groups in total. The number of hydrogen-bond donors (Lipinski definition) is 1. The molecule has 1 aliphatic rings. The molecule has 23 heavy (non-hydrogen) atoms. The molecule has 0 aliphatic carbocycles.